The van der Waals surface area contributed by atoms with Crippen molar-refractivity contribution in [3.05, 3.63) is 96.6 Å². The summed E-state index contributed by atoms with van der Waals surface area (Å²) in [6.07, 6.45) is 0.684. The van der Waals surface area contributed by atoms with Crippen molar-refractivity contribution in [2.75, 3.05) is 17.4 Å². The highest BCUT2D eigenvalue weighted by Gasteiger charge is 2.26. The Morgan fingerprint density at radius 1 is 0.786 bits per heavy atom. The van der Waals surface area contributed by atoms with Crippen molar-refractivity contribution in [1.82, 2.24) is 5.32 Å². The maximum atomic E-state index is 13.1. The Hall–Kier alpha value is -3.12. The molecule has 0 fully saturated rings. The predicted molar refractivity (Wildman–Crippen MR) is 111 cm³/mol. The first kappa shape index (κ1) is 19.6. The summed E-state index contributed by atoms with van der Waals surface area (Å²) >= 11 is 0. The lowest BCUT2D eigenvalue weighted by molar-refractivity contribution is -0.119. The quantitative estimate of drug-likeness (QED) is 0.638. The Labute approximate surface area is 165 Å². The molecule has 0 atom stereocenters. The van der Waals surface area contributed by atoms with Crippen molar-refractivity contribution in [3.8, 4) is 0 Å². The van der Waals surface area contributed by atoms with Gasteiger partial charge in [-0.2, -0.15) is 0 Å². The van der Waals surface area contributed by atoms with Crippen LogP contribution < -0.4 is 9.62 Å². The van der Waals surface area contributed by atoms with E-state index in [1.807, 2.05) is 30.3 Å². The third-order valence-electron chi connectivity index (χ3n) is 4.24. The number of benzene rings is 3. The second-order valence-electron chi connectivity index (χ2n) is 6.25. The molecule has 0 aliphatic carbocycles. The molecule has 144 valence electrons. The topological polar surface area (TPSA) is 66.5 Å². The number of carbonyl (C=O) groups is 1. The van der Waals surface area contributed by atoms with Crippen LogP contribution in [0.3, 0.4) is 0 Å². The minimum absolute atomic E-state index is 0.149. The third-order valence-corrected chi connectivity index (χ3v) is 6.03. The normalized spacial score (nSPS) is 11.0. The molecule has 0 radical (unpaired) electrons. The summed E-state index contributed by atoms with van der Waals surface area (Å²) in [5.41, 5.74) is 1.56. The smallest absolute Gasteiger partial charge is 0.264 e. The van der Waals surface area contributed by atoms with Gasteiger partial charge in [0.15, 0.2) is 0 Å². The van der Waals surface area contributed by atoms with E-state index < -0.39 is 10.0 Å². The maximum absolute atomic E-state index is 13.1. The van der Waals surface area contributed by atoms with Crippen LogP contribution in [0.25, 0.3) is 0 Å². The van der Waals surface area contributed by atoms with E-state index in [9.17, 15) is 13.2 Å². The molecule has 0 unspecified atom stereocenters. The highest BCUT2D eigenvalue weighted by Crippen LogP contribution is 2.23. The second-order valence-corrected chi connectivity index (χ2v) is 8.11. The van der Waals surface area contributed by atoms with Gasteiger partial charge in [-0.25, -0.2) is 8.42 Å². The van der Waals surface area contributed by atoms with E-state index >= 15 is 0 Å². The van der Waals surface area contributed by atoms with Crippen LogP contribution in [0.5, 0.6) is 0 Å². The van der Waals surface area contributed by atoms with Crippen LogP contribution in [-0.4, -0.2) is 27.4 Å². The van der Waals surface area contributed by atoms with Gasteiger partial charge in [0, 0.05) is 6.54 Å². The van der Waals surface area contributed by atoms with Crippen LogP contribution >= 0.6 is 0 Å². The average Bonchev–Trinajstić information content (AvgIpc) is 2.74. The molecule has 6 heteroatoms. The molecule has 3 rings (SSSR count). The fraction of sp³-hybridized carbons (Fsp3) is 0.136. The average molecular weight is 394 g/mol. The Kier molecular flexibility index (Phi) is 6.45. The highest BCUT2D eigenvalue weighted by molar-refractivity contribution is 7.92. The van der Waals surface area contributed by atoms with Gasteiger partial charge < -0.3 is 5.32 Å². The number of anilines is 1. The number of amides is 1. The molecule has 1 amide bonds. The van der Waals surface area contributed by atoms with Gasteiger partial charge >= 0.3 is 0 Å². The number of hydrogen-bond acceptors (Lipinski definition) is 3. The van der Waals surface area contributed by atoms with Crippen molar-refractivity contribution in [1.29, 1.82) is 0 Å². The summed E-state index contributed by atoms with van der Waals surface area (Å²) in [7, 11) is -3.85. The number of rotatable bonds is 8. The summed E-state index contributed by atoms with van der Waals surface area (Å²) in [6, 6.07) is 26.6. The van der Waals surface area contributed by atoms with E-state index in [0.29, 0.717) is 18.7 Å². The zero-order valence-corrected chi connectivity index (χ0v) is 16.2. The minimum Gasteiger partial charge on any atom is -0.354 e. The van der Waals surface area contributed by atoms with E-state index in [1.165, 1.54) is 12.1 Å². The van der Waals surface area contributed by atoms with Crippen molar-refractivity contribution in [2.45, 2.75) is 11.3 Å². The third kappa shape index (κ3) is 4.98. The number of nitrogens with one attached hydrogen (secondary N) is 1. The zero-order valence-electron chi connectivity index (χ0n) is 15.4. The van der Waals surface area contributed by atoms with Crippen LogP contribution in [0.4, 0.5) is 5.69 Å². The van der Waals surface area contributed by atoms with Crippen LogP contribution in [-0.2, 0) is 21.2 Å². The van der Waals surface area contributed by atoms with E-state index in [1.54, 1.807) is 48.5 Å². The molecule has 3 aromatic rings. The van der Waals surface area contributed by atoms with Gasteiger partial charge in [-0.05, 0) is 36.2 Å². The minimum atomic E-state index is -3.85. The molecule has 28 heavy (non-hydrogen) atoms. The summed E-state index contributed by atoms with van der Waals surface area (Å²) < 4.78 is 27.4. The van der Waals surface area contributed by atoms with Gasteiger partial charge in [0.1, 0.15) is 6.54 Å². The highest BCUT2D eigenvalue weighted by atomic mass is 32.2. The molecule has 5 nitrogen and oxygen atoms in total. The largest absolute Gasteiger partial charge is 0.354 e. The molecule has 0 saturated carbocycles. The number of nitrogens with zero attached hydrogens (tertiary/aromatic N) is 1. The van der Waals surface area contributed by atoms with Gasteiger partial charge in [-0.1, -0.05) is 66.7 Å². The van der Waals surface area contributed by atoms with Crippen LogP contribution in [0.15, 0.2) is 95.9 Å². The predicted octanol–water partition coefficient (Wildman–Crippen LogP) is 3.24. The summed E-state index contributed by atoms with van der Waals surface area (Å²) in [4.78, 5) is 12.6. The summed E-state index contributed by atoms with van der Waals surface area (Å²) in [5.74, 6) is -0.348. The Morgan fingerprint density at radius 2 is 1.32 bits per heavy atom. The number of carbonyl (C=O) groups excluding carboxylic acids is 1. The molecule has 3 aromatic carbocycles. The monoisotopic (exact) mass is 394 g/mol. The number of hydrogen-bond donors (Lipinski definition) is 1. The lowest BCUT2D eigenvalue weighted by Gasteiger charge is -2.24. The molecule has 1 N–H and O–H groups in total. The SMILES string of the molecule is O=C(CN(c1ccccc1)S(=O)(=O)c1ccccc1)NCCc1ccccc1. The maximum Gasteiger partial charge on any atom is 0.264 e. The van der Waals surface area contributed by atoms with Crippen LogP contribution in [0.1, 0.15) is 5.56 Å². The fourth-order valence-corrected chi connectivity index (χ4v) is 4.25. The molecule has 0 saturated heterocycles. The lowest BCUT2D eigenvalue weighted by Crippen LogP contribution is -2.41. The van der Waals surface area contributed by atoms with E-state index in [4.69, 9.17) is 0 Å². The van der Waals surface area contributed by atoms with Crippen LogP contribution in [0.2, 0.25) is 0 Å². The van der Waals surface area contributed by atoms with Crippen LogP contribution in [0, 0.1) is 0 Å². The van der Waals surface area contributed by atoms with Gasteiger partial charge in [-0.3, -0.25) is 9.10 Å². The lowest BCUT2D eigenvalue weighted by atomic mass is 10.1. The van der Waals surface area contributed by atoms with E-state index in [2.05, 4.69) is 5.32 Å². The van der Waals surface area contributed by atoms with Gasteiger partial charge in [0.05, 0.1) is 10.6 Å². The fourth-order valence-electron chi connectivity index (χ4n) is 2.81. The van der Waals surface area contributed by atoms with Crippen molar-refractivity contribution >= 4 is 21.6 Å². The van der Waals surface area contributed by atoms with Crippen molar-refractivity contribution < 1.29 is 13.2 Å². The Balaban J connectivity index is 1.74. The summed E-state index contributed by atoms with van der Waals surface area (Å²) in [6.45, 7) is 0.160. The molecule has 0 aromatic heterocycles. The Morgan fingerprint density at radius 3 is 1.93 bits per heavy atom. The van der Waals surface area contributed by atoms with Gasteiger partial charge in [0.25, 0.3) is 10.0 Å². The van der Waals surface area contributed by atoms with Gasteiger partial charge in [0.2, 0.25) is 5.91 Å². The number of sulfonamides is 1. The van der Waals surface area contributed by atoms with Crippen molar-refractivity contribution in [2.24, 2.45) is 0 Å². The molecule has 0 bridgehead atoms. The Bertz CT molecular complexity index is 992. The number of para-hydroxylation sites is 1. The second kappa shape index (κ2) is 9.19. The molecule has 0 aliphatic heterocycles. The van der Waals surface area contributed by atoms with E-state index in [-0.39, 0.29) is 17.3 Å². The molecule has 0 spiro atoms. The molecule has 0 aliphatic rings. The zero-order chi connectivity index (χ0) is 19.8. The van der Waals surface area contributed by atoms with Gasteiger partial charge in [-0.15, -0.1) is 0 Å². The summed E-state index contributed by atoms with van der Waals surface area (Å²) in [5, 5.41) is 2.81. The van der Waals surface area contributed by atoms with Crippen molar-refractivity contribution in [3.63, 3.8) is 0 Å². The first-order chi connectivity index (χ1) is 13.6. The molecular weight excluding hydrogens is 372 g/mol. The first-order valence-corrected chi connectivity index (χ1v) is 10.4. The standard InChI is InChI=1S/C22H22N2O3S/c25-22(23-17-16-19-10-4-1-5-11-19)18-24(20-12-6-2-7-13-20)28(26,27)21-14-8-3-9-15-21/h1-15H,16-18H2,(H,23,25). The first-order valence-electron chi connectivity index (χ1n) is 9.01. The van der Waals surface area contributed by atoms with E-state index in [0.717, 1.165) is 9.87 Å². The molecular formula is C22H22N2O3S. The molecule has 0 heterocycles.